The van der Waals surface area contributed by atoms with Gasteiger partial charge in [0.2, 0.25) is 10.0 Å². The average Bonchev–Trinajstić information content (AvgIpc) is 2.60. The maximum Gasteiger partial charge on any atom is 0.335 e. The Balaban J connectivity index is 2.30. The van der Waals surface area contributed by atoms with E-state index in [1.807, 2.05) is 30.3 Å². The Morgan fingerprint density at radius 1 is 1.16 bits per heavy atom. The number of anilines is 1. The number of methoxy groups -OCH3 is 1. The summed E-state index contributed by atoms with van der Waals surface area (Å²) in [4.78, 5) is 11.1. The van der Waals surface area contributed by atoms with Crippen LogP contribution in [0.25, 0.3) is 0 Å². The number of sulfonamides is 1. The van der Waals surface area contributed by atoms with Crippen LogP contribution in [-0.2, 0) is 21.3 Å². The molecule has 0 bridgehead atoms. The maximum atomic E-state index is 12.5. The van der Waals surface area contributed by atoms with Gasteiger partial charge in [-0.2, -0.15) is 0 Å². The van der Waals surface area contributed by atoms with Crippen LogP contribution in [0, 0.1) is 0 Å². The van der Waals surface area contributed by atoms with Gasteiger partial charge in [-0.25, -0.2) is 17.9 Å². The second kappa shape index (κ2) is 8.61. The molecular formula is C17H20N2O5S. The van der Waals surface area contributed by atoms with Crippen molar-refractivity contribution in [3.63, 3.8) is 0 Å². The zero-order valence-corrected chi connectivity index (χ0v) is 14.5. The molecule has 2 rings (SSSR count). The number of ether oxygens (including phenoxy) is 1. The molecule has 3 N–H and O–H groups in total. The third-order valence-electron chi connectivity index (χ3n) is 3.44. The molecule has 0 spiro atoms. The van der Waals surface area contributed by atoms with Gasteiger partial charge in [-0.3, -0.25) is 0 Å². The molecule has 0 aliphatic rings. The molecular weight excluding hydrogens is 344 g/mol. The number of rotatable bonds is 9. The second-order valence-corrected chi connectivity index (χ2v) is 6.98. The van der Waals surface area contributed by atoms with Gasteiger partial charge in [-0.15, -0.1) is 0 Å². The van der Waals surface area contributed by atoms with Gasteiger partial charge < -0.3 is 15.2 Å². The fraction of sp³-hybridized carbons (Fsp3) is 0.235. The van der Waals surface area contributed by atoms with Crippen LogP contribution in [0.2, 0.25) is 0 Å². The molecule has 0 aromatic heterocycles. The summed E-state index contributed by atoms with van der Waals surface area (Å²) in [7, 11) is -2.41. The first kappa shape index (κ1) is 18.9. The quantitative estimate of drug-likeness (QED) is 0.587. The van der Waals surface area contributed by atoms with E-state index in [9.17, 15) is 13.2 Å². The molecule has 0 radical (unpaired) electrons. The van der Waals surface area contributed by atoms with Crippen LogP contribution in [0.5, 0.6) is 0 Å². The average molecular weight is 364 g/mol. The minimum absolute atomic E-state index is 0.0915. The van der Waals surface area contributed by atoms with Crippen molar-refractivity contribution >= 4 is 21.7 Å². The van der Waals surface area contributed by atoms with Crippen molar-refractivity contribution in [1.82, 2.24) is 4.72 Å². The molecule has 0 fully saturated rings. The molecule has 0 aliphatic heterocycles. The number of carboxylic acid groups (broad SMARTS) is 1. The zero-order chi connectivity index (χ0) is 18.3. The van der Waals surface area contributed by atoms with E-state index < -0.39 is 16.0 Å². The Hall–Kier alpha value is -2.42. The lowest BCUT2D eigenvalue weighted by molar-refractivity contribution is 0.0696. The number of nitrogens with one attached hydrogen (secondary N) is 2. The maximum absolute atomic E-state index is 12.5. The third-order valence-corrected chi connectivity index (χ3v) is 4.94. The minimum atomic E-state index is -3.88. The molecule has 0 atom stereocenters. The van der Waals surface area contributed by atoms with E-state index in [2.05, 4.69) is 10.0 Å². The summed E-state index contributed by atoms with van der Waals surface area (Å²) < 4.78 is 32.3. The van der Waals surface area contributed by atoms with E-state index in [0.29, 0.717) is 12.2 Å². The van der Waals surface area contributed by atoms with Gasteiger partial charge in [0.15, 0.2) is 0 Å². The van der Waals surface area contributed by atoms with Gasteiger partial charge in [-0.05, 0) is 23.8 Å². The van der Waals surface area contributed by atoms with Crippen LogP contribution in [0.1, 0.15) is 15.9 Å². The highest BCUT2D eigenvalue weighted by Crippen LogP contribution is 2.23. The summed E-state index contributed by atoms with van der Waals surface area (Å²) in [5.41, 5.74) is 1.21. The predicted molar refractivity (Wildman–Crippen MR) is 94.2 cm³/mol. The molecule has 0 saturated heterocycles. The molecule has 8 heteroatoms. The van der Waals surface area contributed by atoms with Crippen molar-refractivity contribution < 1.29 is 23.1 Å². The largest absolute Gasteiger partial charge is 0.478 e. The zero-order valence-electron chi connectivity index (χ0n) is 13.7. The molecule has 2 aromatic carbocycles. The third kappa shape index (κ3) is 5.28. The molecule has 0 unspecified atom stereocenters. The van der Waals surface area contributed by atoms with Crippen molar-refractivity contribution in [3.05, 3.63) is 59.7 Å². The van der Waals surface area contributed by atoms with E-state index in [-0.39, 0.29) is 23.6 Å². The van der Waals surface area contributed by atoms with Crippen molar-refractivity contribution in [2.45, 2.75) is 11.4 Å². The van der Waals surface area contributed by atoms with E-state index >= 15 is 0 Å². The molecule has 2 aromatic rings. The van der Waals surface area contributed by atoms with Crippen LogP contribution in [0.15, 0.2) is 53.4 Å². The Bertz CT molecular complexity index is 822. The molecule has 0 heterocycles. The van der Waals surface area contributed by atoms with Crippen molar-refractivity contribution in [1.29, 1.82) is 0 Å². The molecule has 134 valence electrons. The minimum Gasteiger partial charge on any atom is -0.478 e. The monoisotopic (exact) mass is 364 g/mol. The number of benzene rings is 2. The first-order chi connectivity index (χ1) is 11.9. The fourth-order valence-electron chi connectivity index (χ4n) is 2.17. The number of carboxylic acids is 1. The Kier molecular flexibility index (Phi) is 6.51. The number of hydrogen-bond acceptors (Lipinski definition) is 5. The summed E-state index contributed by atoms with van der Waals surface area (Å²) in [6.07, 6.45) is 0. The van der Waals surface area contributed by atoms with Crippen LogP contribution in [0.4, 0.5) is 5.69 Å². The van der Waals surface area contributed by atoms with Crippen molar-refractivity contribution in [3.8, 4) is 0 Å². The first-order valence-electron chi connectivity index (χ1n) is 7.58. The van der Waals surface area contributed by atoms with Crippen molar-refractivity contribution in [2.75, 3.05) is 25.6 Å². The highest BCUT2D eigenvalue weighted by Gasteiger charge is 2.20. The summed E-state index contributed by atoms with van der Waals surface area (Å²) in [5, 5.41) is 12.2. The van der Waals surface area contributed by atoms with Gasteiger partial charge in [-0.1, -0.05) is 30.3 Å². The number of carbonyl (C=O) groups is 1. The highest BCUT2D eigenvalue weighted by atomic mass is 32.2. The lowest BCUT2D eigenvalue weighted by Gasteiger charge is -2.14. The Labute approximate surface area is 146 Å². The van der Waals surface area contributed by atoms with E-state index in [4.69, 9.17) is 9.84 Å². The van der Waals surface area contributed by atoms with Crippen LogP contribution >= 0.6 is 0 Å². The summed E-state index contributed by atoms with van der Waals surface area (Å²) in [5.74, 6) is -1.19. The second-order valence-electron chi connectivity index (χ2n) is 5.25. The number of hydrogen-bond donors (Lipinski definition) is 3. The van der Waals surface area contributed by atoms with Gasteiger partial charge >= 0.3 is 5.97 Å². The summed E-state index contributed by atoms with van der Waals surface area (Å²) in [6, 6.07) is 13.4. The predicted octanol–water partition coefficient (Wildman–Crippen LogP) is 1.92. The highest BCUT2D eigenvalue weighted by molar-refractivity contribution is 7.89. The molecule has 0 aliphatic carbocycles. The van der Waals surface area contributed by atoms with Gasteiger partial charge in [0.05, 0.1) is 17.9 Å². The number of aromatic carboxylic acids is 1. The Morgan fingerprint density at radius 3 is 2.52 bits per heavy atom. The topological polar surface area (TPSA) is 105 Å². The normalized spacial score (nSPS) is 11.2. The fourth-order valence-corrected chi connectivity index (χ4v) is 3.39. The standard InChI is InChI=1S/C17H20N2O5S/c1-24-10-9-19-25(22,23)16-11-14(17(20)21)7-8-15(16)18-12-13-5-3-2-4-6-13/h2-8,11,18-19H,9-10,12H2,1H3,(H,20,21). The lowest BCUT2D eigenvalue weighted by Crippen LogP contribution is -2.28. The van der Waals surface area contributed by atoms with Crippen LogP contribution in [0.3, 0.4) is 0 Å². The molecule has 7 nitrogen and oxygen atoms in total. The molecule has 0 saturated carbocycles. The van der Waals surface area contributed by atoms with E-state index in [1.165, 1.54) is 19.2 Å². The SMILES string of the molecule is COCCNS(=O)(=O)c1cc(C(=O)O)ccc1NCc1ccccc1. The van der Waals surface area contributed by atoms with Crippen LogP contribution in [-0.4, -0.2) is 39.8 Å². The Morgan fingerprint density at radius 2 is 1.88 bits per heavy atom. The summed E-state index contributed by atoms with van der Waals surface area (Å²) >= 11 is 0. The van der Waals surface area contributed by atoms with Gasteiger partial charge in [0.1, 0.15) is 4.90 Å². The van der Waals surface area contributed by atoms with E-state index in [1.54, 1.807) is 0 Å². The molecule has 0 amide bonds. The lowest BCUT2D eigenvalue weighted by atomic mass is 10.2. The van der Waals surface area contributed by atoms with E-state index in [0.717, 1.165) is 11.6 Å². The van der Waals surface area contributed by atoms with Gasteiger partial charge in [0, 0.05) is 20.2 Å². The first-order valence-corrected chi connectivity index (χ1v) is 9.06. The van der Waals surface area contributed by atoms with Gasteiger partial charge in [0.25, 0.3) is 0 Å². The summed E-state index contributed by atoms with van der Waals surface area (Å²) in [6.45, 7) is 0.715. The van der Waals surface area contributed by atoms with Crippen molar-refractivity contribution in [2.24, 2.45) is 0 Å². The van der Waals surface area contributed by atoms with Crippen LogP contribution < -0.4 is 10.0 Å². The molecule has 25 heavy (non-hydrogen) atoms. The smallest absolute Gasteiger partial charge is 0.335 e.